The second-order valence-electron chi connectivity index (χ2n) is 9.44. The number of hydrogen-bond donors (Lipinski definition) is 2. The number of piperidine rings is 2. The maximum absolute atomic E-state index is 13.0. The van der Waals surface area contributed by atoms with E-state index in [0.717, 1.165) is 64.2 Å². The van der Waals surface area contributed by atoms with Crippen LogP contribution < -0.4 is 5.73 Å². The molecule has 3 N–H and O–H groups in total. The lowest BCUT2D eigenvalue weighted by Gasteiger charge is -2.42. The minimum absolute atomic E-state index is 0.0505. The van der Waals surface area contributed by atoms with E-state index in [9.17, 15) is 14.7 Å². The number of primary amides is 1. The third-order valence-corrected chi connectivity index (χ3v) is 7.23. The molecule has 3 aliphatic rings. The van der Waals surface area contributed by atoms with Gasteiger partial charge < -0.3 is 15.7 Å². The summed E-state index contributed by atoms with van der Waals surface area (Å²) in [4.78, 5) is 28.2. The molecule has 6 heteroatoms. The van der Waals surface area contributed by atoms with Gasteiger partial charge in [0.2, 0.25) is 5.91 Å². The van der Waals surface area contributed by atoms with Crippen LogP contribution in [-0.4, -0.2) is 65.0 Å². The summed E-state index contributed by atoms with van der Waals surface area (Å²) in [6.45, 7) is 3.83. The van der Waals surface area contributed by atoms with Gasteiger partial charge in [-0.05, 0) is 63.5 Å². The van der Waals surface area contributed by atoms with Gasteiger partial charge in [0, 0.05) is 26.1 Å². The third-order valence-electron chi connectivity index (χ3n) is 7.23. The zero-order chi connectivity index (χ0) is 20.0. The van der Waals surface area contributed by atoms with Crippen LogP contribution in [0.15, 0.2) is 0 Å². The van der Waals surface area contributed by atoms with Crippen molar-refractivity contribution in [2.75, 3.05) is 32.7 Å². The molecular weight excluding hydrogens is 354 g/mol. The first-order chi connectivity index (χ1) is 13.5. The highest BCUT2D eigenvalue weighted by Crippen LogP contribution is 2.30. The standard InChI is InChI=1S/C22H39N3O3/c23-20(26)8-7-19-9-14-24(15-10-19)17-22(28)12-4-13-25(21(22)27)16-11-18-5-2-1-3-6-18/h18-19,28H,1-17H2,(H2,23,26)/t22-/m0/s1. The number of amides is 2. The molecule has 2 heterocycles. The van der Waals surface area contributed by atoms with Crippen LogP contribution in [0.3, 0.4) is 0 Å². The summed E-state index contributed by atoms with van der Waals surface area (Å²) in [7, 11) is 0. The maximum Gasteiger partial charge on any atom is 0.255 e. The average Bonchev–Trinajstić information content (AvgIpc) is 2.69. The van der Waals surface area contributed by atoms with Crippen molar-refractivity contribution in [3.8, 4) is 0 Å². The Balaban J connectivity index is 1.45. The number of aliphatic hydroxyl groups is 1. The fraction of sp³-hybridized carbons (Fsp3) is 0.909. The second-order valence-corrected chi connectivity index (χ2v) is 9.44. The number of β-amino-alcohol motifs (C(OH)–C–C–N with tert-alkyl or cyclic N) is 1. The first-order valence-corrected chi connectivity index (χ1v) is 11.5. The maximum atomic E-state index is 13.0. The van der Waals surface area contributed by atoms with E-state index in [1.807, 2.05) is 4.90 Å². The first kappa shape index (κ1) is 21.6. The Labute approximate surface area is 169 Å². The molecule has 0 spiro atoms. The molecule has 0 aromatic rings. The van der Waals surface area contributed by atoms with Gasteiger partial charge in [-0.2, -0.15) is 0 Å². The summed E-state index contributed by atoms with van der Waals surface area (Å²) in [5, 5.41) is 11.1. The fourth-order valence-corrected chi connectivity index (χ4v) is 5.39. The van der Waals surface area contributed by atoms with Crippen molar-refractivity contribution in [1.82, 2.24) is 9.80 Å². The van der Waals surface area contributed by atoms with Crippen LogP contribution in [0, 0.1) is 11.8 Å². The van der Waals surface area contributed by atoms with E-state index in [1.165, 1.54) is 32.1 Å². The van der Waals surface area contributed by atoms with E-state index in [1.54, 1.807) is 0 Å². The van der Waals surface area contributed by atoms with Crippen LogP contribution in [0.5, 0.6) is 0 Å². The summed E-state index contributed by atoms with van der Waals surface area (Å²) in [6.07, 6.45) is 12.5. The predicted octanol–water partition coefficient (Wildman–Crippen LogP) is 2.29. The predicted molar refractivity (Wildman–Crippen MR) is 110 cm³/mol. The van der Waals surface area contributed by atoms with Crippen molar-refractivity contribution in [2.45, 2.75) is 82.7 Å². The van der Waals surface area contributed by atoms with E-state index in [2.05, 4.69) is 4.90 Å². The molecule has 0 unspecified atom stereocenters. The summed E-state index contributed by atoms with van der Waals surface area (Å²) in [5.41, 5.74) is 4.04. The first-order valence-electron chi connectivity index (χ1n) is 11.5. The van der Waals surface area contributed by atoms with Crippen LogP contribution in [0.25, 0.3) is 0 Å². The molecule has 3 fully saturated rings. The summed E-state index contributed by atoms with van der Waals surface area (Å²) < 4.78 is 0. The topological polar surface area (TPSA) is 86.9 Å². The Hall–Kier alpha value is -1.14. The Morgan fingerprint density at radius 1 is 1.00 bits per heavy atom. The van der Waals surface area contributed by atoms with Gasteiger partial charge in [0.25, 0.3) is 5.91 Å². The average molecular weight is 394 g/mol. The Morgan fingerprint density at radius 2 is 1.68 bits per heavy atom. The molecular formula is C22H39N3O3. The van der Waals surface area contributed by atoms with Crippen LogP contribution in [0.4, 0.5) is 0 Å². The van der Waals surface area contributed by atoms with E-state index in [4.69, 9.17) is 5.73 Å². The second kappa shape index (κ2) is 10.1. The zero-order valence-electron chi connectivity index (χ0n) is 17.4. The van der Waals surface area contributed by atoms with Gasteiger partial charge in [-0.1, -0.05) is 32.1 Å². The Bertz CT molecular complexity index is 527. The molecule has 2 amide bonds. The van der Waals surface area contributed by atoms with Crippen molar-refractivity contribution in [2.24, 2.45) is 17.6 Å². The minimum atomic E-state index is -1.22. The summed E-state index contributed by atoms with van der Waals surface area (Å²) in [6, 6.07) is 0. The van der Waals surface area contributed by atoms with Crippen LogP contribution in [0.2, 0.25) is 0 Å². The lowest BCUT2D eigenvalue weighted by atomic mass is 9.85. The van der Waals surface area contributed by atoms with Crippen LogP contribution in [-0.2, 0) is 9.59 Å². The quantitative estimate of drug-likeness (QED) is 0.662. The molecule has 1 atom stereocenters. The summed E-state index contributed by atoms with van der Waals surface area (Å²) in [5.74, 6) is 1.02. The van der Waals surface area contributed by atoms with Crippen molar-refractivity contribution >= 4 is 11.8 Å². The highest BCUT2D eigenvalue weighted by atomic mass is 16.3. The van der Waals surface area contributed by atoms with Crippen molar-refractivity contribution in [3.63, 3.8) is 0 Å². The van der Waals surface area contributed by atoms with E-state index in [0.29, 0.717) is 25.3 Å². The number of likely N-dealkylation sites (tertiary alicyclic amines) is 2. The Kier molecular flexibility index (Phi) is 7.75. The lowest BCUT2D eigenvalue weighted by molar-refractivity contribution is -0.160. The molecule has 0 aromatic heterocycles. The fourth-order valence-electron chi connectivity index (χ4n) is 5.39. The van der Waals surface area contributed by atoms with Gasteiger partial charge in [-0.15, -0.1) is 0 Å². The zero-order valence-corrected chi connectivity index (χ0v) is 17.4. The van der Waals surface area contributed by atoms with Gasteiger partial charge in [0.15, 0.2) is 5.60 Å². The number of nitrogens with zero attached hydrogens (tertiary/aromatic N) is 2. The minimum Gasteiger partial charge on any atom is -0.379 e. The molecule has 28 heavy (non-hydrogen) atoms. The molecule has 6 nitrogen and oxygen atoms in total. The normalized spacial score (nSPS) is 28.6. The Morgan fingerprint density at radius 3 is 2.36 bits per heavy atom. The molecule has 160 valence electrons. The van der Waals surface area contributed by atoms with Crippen LogP contribution >= 0.6 is 0 Å². The SMILES string of the molecule is NC(=O)CCC1CCN(C[C@@]2(O)CCCN(CCC3CCCCC3)C2=O)CC1. The van der Waals surface area contributed by atoms with E-state index >= 15 is 0 Å². The third kappa shape index (κ3) is 5.93. The van der Waals surface area contributed by atoms with Crippen molar-refractivity contribution in [3.05, 3.63) is 0 Å². The number of hydrogen-bond acceptors (Lipinski definition) is 4. The summed E-state index contributed by atoms with van der Waals surface area (Å²) >= 11 is 0. The molecule has 1 saturated carbocycles. The number of carbonyl (C=O) groups is 2. The monoisotopic (exact) mass is 393 g/mol. The van der Waals surface area contributed by atoms with Gasteiger partial charge in [0.05, 0.1) is 0 Å². The van der Waals surface area contributed by atoms with Gasteiger partial charge in [0.1, 0.15) is 0 Å². The molecule has 0 aromatic carbocycles. The smallest absolute Gasteiger partial charge is 0.255 e. The van der Waals surface area contributed by atoms with Gasteiger partial charge in [-0.3, -0.25) is 14.5 Å². The van der Waals surface area contributed by atoms with Gasteiger partial charge >= 0.3 is 0 Å². The van der Waals surface area contributed by atoms with E-state index in [-0.39, 0.29) is 11.8 Å². The van der Waals surface area contributed by atoms with Crippen molar-refractivity contribution in [1.29, 1.82) is 0 Å². The van der Waals surface area contributed by atoms with E-state index < -0.39 is 5.60 Å². The number of carbonyl (C=O) groups excluding carboxylic acids is 2. The molecule has 2 aliphatic heterocycles. The molecule has 0 radical (unpaired) electrons. The van der Waals surface area contributed by atoms with Crippen LogP contribution in [0.1, 0.15) is 77.0 Å². The highest BCUT2D eigenvalue weighted by molar-refractivity contribution is 5.86. The molecule has 0 bridgehead atoms. The van der Waals surface area contributed by atoms with Gasteiger partial charge in [-0.25, -0.2) is 0 Å². The number of rotatable bonds is 8. The lowest BCUT2D eigenvalue weighted by Crippen LogP contribution is -2.59. The molecule has 3 rings (SSSR count). The van der Waals surface area contributed by atoms with Crippen molar-refractivity contribution < 1.29 is 14.7 Å². The largest absolute Gasteiger partial charge is 0.379 e. The molecule has 2 saturated heterocycles. The molecule has 1 aliphatic carbocycles. The highest BCUT2D eigenvalue weighted by Gasteiger charge is 2.43. The number of nitrogens with two attached hydrogens (primary N) is 1.